The maximum Gasteiger partial charge on any atom is 0.408 e. The Morgan fingerprint density at radius 2 is 1.94 bits per heavy atom. The van der Waals surface area contributed by atoms with Gasteiger partial charge in [0, 0.05) is 11.1 Å². The minimum Gasteiger partial charge on any atom is -0.421 e. The van der Waals surface area contributed by atoms with Crippen LogP contribution in [-0.4, -0.2) is 4.89 Å². The Hall–Kier alpha value is -1.57. The second-order valence-corrected chi connectivity index (χ2v) is 6.02. The van der Waals surface area contributed by atoms with Gasteiger partial charge in [0.25, 0.3) is 0 Å². The van der Waals surface area contributed by atoms with Crippen LogP contribution in [0.15, 0.2) is 42.5 Å². The molecule has 0 bridgehead atoms. The van der Waals surface area contributed by atoms with E-state index >= 15 is 0 Å². The fraction of sp³-hybridized carbons (Fsp3) is 0.143. The number of rotatable bonds is 1. The first kappa shape index (κ1) is 11.5. The molecule has 0 saturated heterocycles. The van der Waals surface area contributed by atoms with E-state index in [0.29, 0.717) is 11.1 Å². The average Bonchev–Trinajstić information content (AvgIpc) is 2.38. The van der Waals surface area contributed by atoms with Crippen molar-refractivity contribution in [3.8, 4) is 16.9 Å². The largest absolute Gasteiger partial charge is 0.421 e. The highest BCUT2D eigenvalue weighted by Gasteiger charge is 2.34. The van der Waals surface area contributed by atoms with Gasteiger partial charge in [-0.25, -0.2) is 4.57 Å². The van der Waals surface area contributed by atoms with Gasteiger partial charge in [-0.2, -0.15) is 0 Å². The summed E-state index contributed by atoms with van der Waals surface area (Å²) in [6, 6.07) is 13.0. The van der Waals surface area contributed by atoms with Gasteiger partial charge >= 0.3 is 7.60 Å². The third-order valence-corrected chi connectivity index (χ3v) is 4.60. The molecule has 1 aliphatic rings. The standard InChI is InChI=1S/C14H13O3P/c1-2-10-7-8-12-11-5-3-4-6-13(11)17-18(15,16)14(12)9-10/h3-9H,2H2,1H3,(H,15,16). The van der Waals surface area contributed by atoms with Crippen molar-refractivity contribution in [2.75, 3.05) is 0 Å². The summed E-state index contributed by atoms with van der Waals surface area (Å²) in [6.07, 6.45) is 0.828. The number of hydrogen-bond acceptors (Lipinski definition) is 2. The second-order valence-electron chi connectivity index (χ2n) is 4.31. The first-order valence-corrected chi connectivity index (χ1v) is 7.45. The monoisotopic (exact) mass is 260 g/mol. The Balaban J connectivity index is 2.31. The van der Waals surface area contributed by atoms with Gasteiger partial charge in [-0.05, 0) is 24.1 Å². The topological polar surface area (TPSA) is 46.5 Å². The minimum atomic E-state index is -3.75. The summed E-state index contributed by atoms with van der Waals surface area (Å²) in [5.74, 6) is 0.472. The maximum atomic E-state index is 12.2. The van der Waals surface area contributed by atoms with Gasteiger partial charge in [-0.15, -0.1) is 0 Å². The van der Waals surface area contributed by atoms with Crippen LogP contribution in [0.2, 0.25) is 0 Å². The Morgan fingerprint density at radius 1 is 1.17 bits per heavy atom. The summed E-state index contributed by atoms with van der Waals surface area (Å²) < 4.78 is 17.5. The second kappa shape index (κ2) is 3.98. The van der Waals surface area contributed by atoms with Crippen LogP contribution in [0.25, 0.3) is 11.1 Å². The van der Waals surface area contributed by atoms with Crippen molar-refractivity contribution in [2.45, 2.75) is 13.3 Å². The lowest BCUT2D eigenvalue weighted by atomic mass is 10.0. The van der Waals surface area contributed by atoms with Crippen LogP contribution in [0, 0.1) is 0 Å². The van der Waals surface area contributed by atoms with E-state index in [4.69, 9.17) is 4.52 Å². The average molecular weight is 260 g/mol. The zero-order valence-corrected chi connectivity index (χ0v) is 10.9. The Bertz CT molecular complexity index is 664. The molecule has 0 spiro atoms. The molecule has 0 aliphatic carbocycles. The summed E-state index contributed by atoms with van der Waals surface area (Å²) in [4.78, 5) is 10.0. The van der Waals surface area contributed by atoms with E-state index in [0.717, 1.165) is 23.1 Å². The van der Waals surface area contributed by atoms with Crippen molar-refractivity contribution in [1.82, 2.24) is 0 Å². The minimum absolute atomic E-state index is 0.403. The van der Waals surface area contributed by atoms with Gasteiger partial charge in [-0.1, -0.05) is 37.3 Å². The molecule has 2 aromatic rings. The smallest absolute Gasteiger partial charge is 0.408 e. The quantitative estimate of drug-likeness (QED) is 0.801. The fourth-order valence-electron chi connectivity index (χ4n) is 2.21. The first-order chi connectivity index (χ1) is 8.62. The summed E-state index contributed by atoms with van der Waals surface area (Å²) in [7, 11) is -3.75. The molecule has 1 heterocycles. The lowest BCUT2D eigenvalue weighted by Crippen LogP contribution is -2.17. The molecule has 3 nitrogen and oxygen atoms in total. The Labute approximate surface area is 106 Å². The van der Waals surface area contributed by atoms with E-state index in [9.17, 15) is 9.46 Å². The lowest BCUT2D eigenvalue weighted by Gasteiger charge is -2.24. The van der Waals surface area contributed by atoms with Crippen LogP contribution < -0.4 is 9.83 Å². The summed E-state index contributed by atoms with van der Waals surface area (Å²) in [5, 5.41) is 0.403. The van der Waals surface area contributed by atoms with Gasteiger partial charge in [-0.3, -0.25) is 0 Å². The molecule has 1 N–H and O–H groups in total. The van der Waals surface area contributed by atoms with Crippen molar-refractivity contribution in [1.29, 1.82) is 0 Å². The number of benzene rings is 2. The molecule has 1 aliphatic heterocycles. The molecule has 0 fully saturated rings. The van der Waals surface area contributed by atoms with Crippen LogP contribution in [0.4, 0.5) is 0 Å². The number of aryl methyl sites for hydroxylation is 1. The molecule has 2 aromatic carbocycles. The van der Waals surface area contributed by atoms with Crippen molar-refractivity contribution in [3.05, 3.63) is 48.0 Å². The summed E-state index contributed by atoms with van der Waals surface area (Å²) >= 11 is 0. The van der Waals surface area contributed by atoms with E-state index < -0.39 is 7.60 Å². The predicted octanol–water partition coefficient (Wildman–Crippen LogP) is 3.12. The van der Waals surface area contributed by atoms with Gasteiger partial charge < -0.3 is 9.42 Å². The molecule has 0 amide bonds. The van der Waals surface area contributed by atoms with E-state index in [2.05, 4.69) is 0 Å². The molecule has 1 unspecified atom stereocenters. The molecule has 0 aromatic heterocycles. The van der Waals surface area contributed by atoms with Crippen molar-refractivity contribution >= 4 is 12.9 Å². The summed E-state index contributed by atoms with van der Waals surface area (Å²) in [6.45, 7) is 2.02. The van der Waals surface area contributed by atoms with Crippen molar-refractivity contribution < 1.29 is 14.0 Å². The van der Waals surface area contributed by atoms with Crippen LogP contribution in [0.5, 0.6) is 5.75 Å². The SMILES string of the molecule is CCc1ccc2c(c1)P(=O)(O)Oc1ccccc1-2. The Morgan fingerprint density at radius 3 is 2.72 bits per heavy atom. The molecular weight excluding hydrogens is 247 g/mol. The van der Waals surface area contributed by atoms with E-state index in [1.54, 1.807) is 18.2 Å². The van der Waals surface area contributed by atoms with Gasteiger partial charge in [0.15, 0.2) is 0 Å². The highest BCUT2D eigenvalue weighted by Crippen LogP contribution is 2.51. The van der Waals surface area contributed by atoms with Crippen LogP contribution in [0.1, 0.15) is 12.5 Å². The molecule has 92 valence electrons. The normalized spacial score (nSPS) is 20.8. The van der Waals surface area contributed by atoms with Crippen molar-refractivity contribution in [3.63, 3.8) is 0 Å². The predicted molar refractivity (Wildman–Crippen MR) is 71.3 cm³/mol. The van der Waals surface area contributed by atoms with E-state index in [-0.39, 0.29) is 0 Å². The highest BCUT2D eigenvalue weighted by atomic mass is 31.2. The molecule has 3 rings (SSSR count). The lowest BCUT2D eigenvalue weighted by molar-refractivity contribution is 0.392. The molecule has 18 heavy (non-hydrogen) atoms. The van der Waals surface area contributed by atoms with E-state index in [1.807, 2.05) is 31.2 Å². The zero-order chi connectivity index (χ0) is 12.8. The number of hydrogen-bond donors (Lipinski definition) is 1. The van der Waals surface area contributed by atoms with E-state index in [1.165, 1.54) is 0 Å². The zero-order valence-electron chi connectivity index (χ0n) is 9.96. The molecular formula is C14H13O3P. The third-order valence-electron chi connectivity index (χ3n) is 3.17. The molecule has 0 saturated carbocycles. The maximum absolute atomic E-state index is 12.2. The van der Waals surface area contributed by atoms with Crippen LogP contribution in [0.3, 0.4) is 0 Å². The summed E-state index contributed by atoms with van der Waals surface area (Å²) in [5.41, 5.74) is 2.70. The van der Waals surface area contributed by atoms with Gasteiger partial charge in [0.05, 0.1) is 5.30 Å². The Kier molecular flexibility index (Phi) is 2.54. The number of fused-ring (bicyclic) bond motifs is 3. The van der Waals surface area contributed by atoms with Crippen LogP contribution in [-0.2, 0) is 11.0 Å². The highest BCUT2D eigenvalue weighted by molar-refractivity contribution is 7.62. The van der Waals surface area contributed by atoms with Crippen LogP contribution >= 0.6 is 7.60 Å². The fourth-order valence-corrected chi connectivity index (χ4v) is 3.56. The first-order valence-electron chi connectivity index (χ1n) is 5.87. The van der Waals surface area contributed by atoms with Gasteiger partial charge in [0.2, 0.25) is 0 Å². The molecule has 4 heteroatoms. The molecule has 1 atom stereocenters. The van der Waals surface area contributed by atoms with Gasteiger partial charge in [0.1, 0.15) is 5.75 Å². The third kappa shape index (κ3) is 1.67. The number of para-hydroxylation sites is 1. The molecule has 0 radical (unpaired) electrons. The van der Waals surface area contributed by atoms with Crippen molar-refractivity contribution in [2.24, 2.45) is 0 Å².